The Morgan fingerprint density at radius 2 is 1.40 bits per heavy atom. The van der Waals surface area contributed by atoms with Gasteiger partial charge in [-0.1, -0.05) is 54.1 Å². The summed E-state index contributed by atoms with van der Waals surface area (Å²) in [6.07, 6.45) is 0.515. The zero-order valence-corrected chi connectivity index (χ0v) is 14.9. The lowest BCUT2D eigenvalue weighted by atomic mass is 10.2. The third kappa shape index (κ3) is 3.08. The molecule has 1 aromatic heterocycles. The van der Waals surface area contributed by atoms with Gasteiger partial charge in [0.25, 0.3) is 0 Å². The second kappa shape index (κ2) is 6.77. The van der Waals surface area contributed by atoms with Crippen molar-refractivity contribution in [2.75, 3.05) is 5.75 Å². The largest absolute Gasteiger partial charge is 0.280 e. The van der Waals surface area contributed by atoms with E-state index >= 15 is 0 Å². The summed E-state index contributed by atoms with van der Waals surface area (Å²) < 4.78 is 1.88. The van der Waals surface area contributed by atoms with Crippen molar-refractivity contribution >= 4 is 39.5 Å². The highest BCUT2D eigenvalue weighted by atomic mass is 32.2. The molecular formula is C22H19NOS. The molecule has 4 rings (SSSR count). The van der Waals surface area contributed by atoms with Crippen LogP contribution in [0.1, 0.15) is 16.8 Å². The van der Waals surface area contributed by atoms with E-state index in [1.54, 1.807) is 11.8 Å². The molecule has 0 atom stereocenters. The van der Waals surface area contributed by atoms with Crippen LogP contribution in [-0.2, 0) is 0 Å². The van der Waals surface area contributed by atoms with Crippen molar-refractivity contribution in [3.63, 3.8) is 0 Å². The molecular weight excluding hydrogens is 326 g/mol. The van der Waals surface area contributed by atoms with Gasteiger partial charge >= 0.3 is 0 Å². The van der Waals surface area contributed by atoms with Gasteiger partial charge in [0.15, 0.2) is 0 Å². The van der Waals surface area contributed by atoms with Gasteiger partial charge in [-0.15, -0.1) is 11.8 Å². The Labute approximate surface area is 151 Å². The van der Waals surface area contributed by atoms with Gasteiger partial charge in [-0.25, -0.2) is 0 Å². The zero-order chi connectivity index (χ0) is 17.2. The molecule has 3 heteroatoms. The van der Waals surface area contributed by atoms with Crippen LogP contribution < -0.4 is 0 Å². The molecule has 1 heterocycles. The minimum Gasteiger partial charge on any atom is -0.280 e. The first-order valence-electron chi connectivity index (χ1n) is 8.45. The van der Waals surface area contributed by atoms with Crippen LogP contribution in [0.4, 0.5) is 0 Å². The van der Waals surface area contributed by atoms with Gasteiger partial charge in [0, 0.05) is 27.8 Å². The Balaban J connectivity index is 1.60. The summed E-state index contributed by atoms with van der Waals surface area (Å²) >= 11 is 1.73. The average molecular weight is 345 g/mol. The van der Waals surface area contributed by atoms with Crippen LogP contribution in [0.2, 0.25) is 0 Å². The molecule has 0 unspecified atom stereocenters. The third-order valence-electron chi connectivity index (χ3n) is 4.44. The normalized spacial score (nSPS) is 11.2. The predicted molar refractivity (Wildman–Crippen MR) is 107 cm³/mol. The Morgan fingerprint density at radius 3 is 2.00 bits per heavy atom. The standard InChI is InChI=1S/C22H19NOS/c1-16-10-12-17(13-11-16)25-15-14-22(24)23-20-8-4-2-6-18(20)19-7-3-5-9-21(19)23/h2-13H,14-15H2,1H3. The summed E-state index contributed by atoms with van der Waals surface area (Å²) in [4.78, 5) is 14.1. The first-order chi connectivity index (χ1) is 12.2. The molecule has 4 aromatic rings. The van der Waals surface area contributed by atoms with E-state index in [1.807, 2.05) is 41.0 Å². The van der Waals surface area contributed by atoms with Crippen LogP contribution in [-0.4, -0.2) is 16.2 Å². The van der Waals surface area contributed by atoms with Gasteiger partial charge in [0.05, 0.1) is 11.0 Å². The highest BCUT2D eigenvalue weighted by Gasteiger charge is 2.15. The molecule has 0 fully saturated rings. The molecule has 0 spiro atoms. The molecule has 3 aromatic carbocycles. The van der Waals surface area contributed by atoms with Gasteiger partial charge in [-0.05, 0) is 31.2 Å². The molecule has 2 nitrogen and oxygen atoms in total. The molecule has 124 valence electrons. The van der Waals surface area contributed by atoms with E-state index in [4.69, 9.17) is 0 Å². The maximum Gasteiger partial charge on any atom is 0.232 e. The van der Waals surface area contributed by atoms with Gasteiger partial charge in [-0.2, -0.15) is 0 Å². The fraction of sp³-hybridized carbons (Fsp3) is 0.136. The van der Waals surface area contributed by atoms with E-state index in [0.29, 0.717) is 6.42 Å². The number of fused-ring (bicyclic) bond motifs is 3. The molecule has 0 aliphatic carbocycles. The lowest BCUT2D eigenvalue weighted by Gasteiger charge is -2.06. The lowest BCUT2D eigenvalue weighted by molar-refractivity contribution is 0.0920. The molecule has 0 aliphatic rings. The van der Waals surface area contributed by atoms with E-state index in [1.165, 1.54) is 10.5 Å². The zero-order valence-electron chi connectivity index (χ0n) is 14.1. The van der Waals surface area contributed by atoms with Crippen molar-refractivity contribution in [1.29, 1.82) is 0 Å². The van der Waals surface area contributed by atoms with E-state index in [2.05, 4.69) is 43.3 Å². The number of hydrogen-bond acceptors (Lipinski definition) is 2. The molecule has 0 saturated heterocycles. The van der Waals surface area contributed by atoms with Crippen LogP contribution in [0, 0.1) is 6.92 Å². The van der Waals surface area contributed by atoms with Crippen LogP contribution in [0.15, 0.2) is 77.7 Å². The van der Waals surface area contributed by atoms with Crippen molar-refractivity contribution in [2.24, 2.45) is 0 Å². The maximum absolute atomic E-state index is 12.9. The number of benzene rings is 3. The maximum atomic E-state index is 12.9. The SMILES string of the molecule is Cc1ccc(SCCC(=O)n2c3ccccc3c3ccccc32)cc1. The van der Waals surface area contributed by atoms with E-state index in [9.17, 15) is 4.79 Å². The molecule has 0 N–H and O–H groups in total. The van der Waals surface area contributed by atoms with Gasteiger partial charge in [0.1, 0.15) is 0 Å². The molecule has 0 saturated carbocycles. The number of nitrogens with zero attached hydrogens (tertiary/aromatic N) is 1. The summed E-state index contributed by atoms with van der Waals surface area (Å²) in [6.45, 7) is 2.08. The predicted octanol–water partition coefficient (Wildman–Crippen LogP) is 5.93. The number of aryl methyl sites for hydroxylation is 1. The highest BCUT2D eigenvalue weighted by molar-refractivity contribution is 7.99. The lowest BCUT2D eigenvalue weighted by Crippen LogP contribution is -2.10. The Bertz CT molecular complexity index is 993. The summed E-state index contributed by atoms with van der Waals surface area (Å²) in [5.41, 5.74) is 3.24. The van der Waals surface area contributed by atoms with Crippen LogP contribution in [0.3, 0.4) is 0 Å². The highest BCUT2D eigenvalue weighted by Crippen LogP contribution is 2.29. The first kappa shape index (κ1) is 16.0. The Morgan fingerprint density at radius 1 is 0.840 bits per heavy atom. The Kier molecular flexibility index (Phi) is 4.33. The van der Waals surface area contributed by atoms with Crippen LogP contribution >= 0.6 is 11.8 Å². The Hall–Kier alpha value is -2.52. The van der Waals surface area contributed by atoms with Gasteiger partial charge in [-0.3, -0.25) is 9.36 Å². The molecule has 25 heavy (non-hydrogen) atoms. The number of carbonyl (C=O) groups excluding carboxylic acids is 1. The van der Waals surface area contributed by atoms with E-state index in [0.717, 1.165) is 27.6 Å². The van der Waals surface area contributed by atoms with Crippen molar-refractivity contribution in [3.05, 3.63) is 78.4 Å². The number of para-hydroxylation sites is 2. The quantitative estimate of drug-likeness (QED) is 0.428. The summed E-state index contributed by atoms with van der Waals surface area (Å²) in [7, 11) is 0. The summed E-state index contributed by atoms with van der Waals surface area (Å²) in [5.74, 6) is 0.930. The molecule has 0 radical (unpaired) electrons. The number of carbonyl (C=O) groups is 1. The summed E-state index contributed by atoms with van der Waals surface area (Å²) in [6, 6.07) is 24.7. The molecule has 0 aliphatic heterocycles. The fourth-order valence-electron chi connectivity index (χ4n) is 3.19. The average Bonchev–Trinajstić information content (AvgIpc) is 2.98. The van der Waals surface area contributed by atoms with Crippen molar-refractivity contribution in [1.82, 2.24) is 4.57 Å². The second-order valence-corrected chi connectivity index (χ2v) is 7.34. The monoisotopic (exact) mass is 345 g/mol. The minimum absolute atomic E-state index is 0.150. The van der Waals surface area contributed by atoms with E-state index < -0.39 is 0 Å². The smallest absolute Gasteiger partial charge is 0.232 e. The van der Waals surface area contributed by atoms with Gasteiger partial charge in [0.2, 0.25) is 5.91 Å². The first-order valence-corrected chi connectivity index (χ1v) is 9.43. The van der Waals surface area contributed by atoms with Crippen LogP contribution in [0.25, 0.3) is 21.8 Å². The second-order valence-electron chi connectivity index (χ2n) is 6.17. The molecule has 0 amide bonds. The number of hydrogen-bond donors (Lipinski definition) is 0. The van der Waals surface area contributed by atoms with Crippen molar-refractivity contribution < 1.29 is 4.79 Å². The third-order valence-corrected chi connectivity index (χ3v) is 5.45. The van der Waals surface area contributed by atoms with Gasteiger partial charge < -0.3 is 0 Å². The summed E-state index contributed by atoms with van der Waals surface area (Å²) in [5, 5.41) is 2.27. The number of thioether (sulfide) groups is 1. The van der Waals surface area contributed by atoms with E-state index in [-0.39, 0.29) is 5.91 Å². The topological polar surface area (TPSA) is 22.0 Å². The number of aromatic nitrogens is 1. The molecule has 0 bridgehead atoms. The minimum atomic E-state index is 0.150. The van der Waals surface area contributed by atoms with Crippen molar-refractivity contribution in [2.45, 2.75) is 18.2 Å². The fourth-order valence-corrected chi connectivity index (χ4v) is 4.03. The van der Waals surface area contributed by atoms with Crippen molar-refractivity contribution in [3.8, 4) is 0 Å². The number of rotatable bonds is 4. The van der Waals surface area contributed by atoms with Crippen LogP contribution in [0.5, 0.6) is 0 Å².